The lowest BCUT2D eigenvalue weighted by atomic mass is 9.73. The van der Waals surface area contributed by atoms with Crippen molar-refractivity contribution in [3.05, 3.63) is 24.0 Å². The highest BCUT2D eigenvalue weighted by Crippen LogP contribution is 2.45. The van der Waals surface area contributed by atoms with Gasteiger partial charge in [-0.3, -0.25) is 4.98 Å². The number of alkyl halides is 1. The van der Waals surface area contributed by atoms with Gasteiger partial charge in [-0.25, -0.2) is 4.39 Å². The van der Waals surface area contributed by atoms with Gasteiger partial charge >= 0.3 is 0 Å². The number of hydrogen-bond acceptors (Lipinski definition) is 3. The molecule has 0 aliphatic heterocycles. The van der Waals surface area contributed by atoms with Gasteiger partial charge < -0.3 is 11.5 Å². The summed E-state index contributed by atoms with van der Waals surface area (Å²) >= 11 is 0. The molecule has 1 fully saturated rings. The standard InChI is InChI=1S/C9H12FN3/c10-9(3-6(11)4-9)7-5-13-2-1-8(7)12/h1-2,5-6H,3-4,11H2,(H2,12,13). The average molecular weight is 181 g/mol. The minimum Gasteiger partial charge on any atom is -0.398 e. The summed E-state index contributed by atoms with van der Waals surface area (Å²) < 4.78 is 13.9. The van der Waals surface area contributed by atoms with Crippen LogP contribution < -0.4 is 11.5 Å². The summed E-state index contributed by atoms with van der Waals surface area (Å²) in [6, 6.07) is 1.57. The Morgan fingerprint density at radius 2 is 2.23 bits per heavy atom. The monoisotopic (exact) mass is 181 g/mol. The number of nitrogens with zero attached hydrogens (tertiary/aromatic N) is 1. The van der Waals surface area contributed by atoms with E-state index in [1.165, 1.54) is 6.20 Å². The Morgan fingerprint density at radius 3 is 2.77 bits per heavy atom. The molecule has 1 aromatic rings. The Morgan fingerprint density at radius 1 is 1.54 bits per heavy atom. The lowest BCUT2D eigenvalue weighted by molar-refractivity contribution is 0.0410. The van der Waals surface area contributed by atoms with Gasteiger partial charge in [0.1, 0.15) is 5.67 Å². The van der Waals surface area contributed by atoms with E-state index in [9.17, 15) is 4.39 Å². The van der Waals surface area contributed by atoms with E-state index in [0.717, 1.165) is 0 Å². The Kier molecular flexibility index (Phi) is 1.73. The maximum Gasteiger partial charge on any atom is 0.142 e. The van der Waals surface area contributed by atoms with Crippen molar-refractivity contribution in [2.24, 2.45) is 5.73 Å². The topological polar surface area (TPSA) is 64.9 Å². The van der Waals surface area contributed by atoms with Crippen LogP contribution in [0.4, 0.5) is 10.1 Å². The molecule has 70 valence electrons. The van der Waals surface area contributed by atoms with Crippen molar-refractivity contribution >= 4 is 5.69 Å². The molecule has 4 N–H and O–H groups in total. The first kappa shape index (κ1) is 8.44. The molecular formula is C9H12FN3. The van der Waals surface area contributed by atoms with E-state index in [-0.39, 0.29) is 6.04 Å². The van der Waals surface area contributed by atoms with Gasteiger partial charge in [0.2, 0.25) is 0 Å². The Hall–Kier alpha value is -1.16. The van der Waals surface area contributed by atoms with Gasteiger partial charge in [-0.2, -0.15) is 0 Å². The van der Waals surface area contributed by atoms with Crippen LogP contribution in [0, 0.1) is 0 Å². The minimum absolute atomic E-state index is 0.0374. The smallest absolute Gasteiger partial charge is 0.142 e. The third kappa shape index (κ3) is 1.27. The number of halogens is 1. The van der Waals surface area contributed by atoms with Gasteiger partial charge in [0, 0.05) is 42.5 Å². The van der Waals surface area contributed by atoms with E-state index in [0.29, 0.717) is 24.1 Å². The summed E-state index contributed by atoms with van der Waals surface area (Å²) in [6.07, 6.45) is 3.74. The second kappa shape index (κ2) is 2.67. The summed E-state index contributed by atoms with van der Waals surface area (Å²) in [5, 5.41) is 0. The molecule has 0 radical (unpaired) electrons. The van der Waals surface area contributed by atoms with Gasteiger partial charge in [-0.05, 0) is 6.07 Å². The molecule has 1 aliphatic carbocycles. The van der Waals surface area contributed by atoms with Crippen molar-refractivity contribution < 1.29 is 4.39 Å². The second-order valence-corrected chi connectivity index (χ2v) is 3.60. The summed E-state index contributed by atoms with van der Waals surface area (Å²) in [5.41, 5.74) is 10.8. The van der Waals surface area contributed by atoms with E-state index in [1.807, 2.05) is 0 Å². The molecule has 3 nitrogen and oxygen atoms in total. The molecule has 0 aromatic carbocycles. The summed E-state index contributed by atoms with van der Waals surface area (Å²) in [5.74, 6) is 0. The fourth-order valence-corrected chi connectivity index (χ4v) is 1.77. The Balaban J connectivity index is 2.31. The summed E-state index contributed by atoms with van der Waals surface area (Å²) in [7, 11) is 0. The minimum atomic E-state index is -1.34. The molecule has 1 aliphatic rings. The van der Waals surface area contributed by atoms with Gasteiger partial charge in [-0.1, -0.05) is 0 Å². The fourth-order valence-electron chi connectivity index (χ4n) is 1.77. The van der Waals surface area contributed by atoms with Gasteiger partial charge in [0.15, 0.2) is 0 Å². The summed E-state index contributed by atoms with van der Waals surface area (Å²) in [6.45, 7) is 0. The average Bonchev–Trinajstić information content (AvgIpc) is 2.02. The highest BCUT2D eigenvalue weighted by Gasteiger charge is 2.45. The van der Waals surface area contributed by atoms with Crippen LogP contribution in [0.15, 0.2) is 18.5 Å². The van der Waals surface area contributed by atoms with Crippen LogP contribution in [0.25, 0.3) is 0 Å². The van der Waals surface area contributed by atoms with Crippen LogP contribution in [0.3, 0.4) is 0 Å². The van der Waals surface area contributed by atoms with Crippen LogP contribution in [-0.2, 0) is 5.67 Å². The van der Waals surface area contributed by atoms with Crippen LogP contribution in [0.1, 0.15) is 18.4 Å². The lowest BCUT2D eigenvalue weighted by Crippen LogP contribution is -2.46. The molecule has 0 bridgehead atoms. The molecule has 0 atom stereocenters. The largest absolute Gasteiger partial charge is 0.398 e. The van der Waals surface area contributed by atoms with Crippen molar-refractivity contribution in [3.63, 3.8) is 0 Å². The number of rotatable bonds is 1. The normalized spacial score (nSPS) is 32.6. The number of anilines is 1. The van der Waals surface area contributed by atoms with E-state index < -0.39 is 5.67 Å². The number of pyridine rings is 1. The molecule has 2 rings (SSSR count). The molecular weight excluding hydrogens is 169 g/mol. The summed E-state index contributed by atoms with van der Waals surface area (Å²) in [4.78, 5) is 3.86. The van der Waals surface area contributed by atoms with Crippen molar-refractivity contribution in [1.82, 2.24) is 4.98 Å². The molecule has 1 heterocycles. The molecule has 4 heteroatoms. The van der Waals surface area contributed by atoms with Crippen LogP contribution in [0.2, 0.25) is 0 Å². The highest BCUT2D eigenvalue weighted by atomic mass is 19.1. The van der Waals surface area contributed by atoms with Gasteiger partial charge in [0.05, 0.1) is 0 Å². The maximum absolute atomic E-state index is 13.9. The molecule has 1 saturated carbocycles. The third-order valence-electron chi connectivity index (χ3n) is 2.51. The van der Waals surface area contributed by atoms with Crippen molar-refractivity contribution in [2.75, 3.05) is 5.73 Å². The quantitative estimate of drug-likeness (QED) is 0.678. The van der Waals surface area contributed by atoms with Crippen LogP contribution in [-0.4, -0.2) is 11.0 Å². The number of hydrogen-bond donors (Lipinski definition) is 2. The van der Waals surface area contributed by atoms with E-state index in [4.69, 9.17) is 11.5 Å². The zero-order chi connectivity index (χ0) is 9.47. The lowest BCUT2D eigenvalue weighted by Gasteiger charge is -2.39. The number of nitrogens with two attached hydrogens (primary N) is 2. The zero-order valence-corrected chi connectivity index (χ0v) is 7.20. The molecule has 13 heavy (non-hydrogen) atoms. The zero-order valence-electron chi connectivity index (χ0n) is 7.20. The van der Waals surface area contributed by atoms with Crippen molar-refractivity contribution in [2.45, 2.75) is 24.6 Å². The molecule has 0 saturated heterocycles. The number of nitrogen functional groups attached to an aromatic ring is 1. The van der Waals surface area contributed by atoms with Gasteiger partial charge in [0.25, 0.3) is 0 Å². The van der Waals surface area contributed by atoms with E-state index in [2.05, 4.69) is 4.98 Å². The molecule has 0 unspecified atom stereocenters. The van der Waals surface area contributed by atoms with E-state index in [1.54, 1.807) is 12.3 Å². The Bertz CT molecular complexity index is 320. The third-order valence-corrected chi connectivity index (χ3v) is 2.51. The predicted octanol–water partition coefficient (Wildman–Crippen LogP) is 0.950. The first-order valence-corrected chi connectivity index (χ1v) is 4.26. The van der Waals surface area contributed by atoms with Crippen LogP contribution >= 0.6 is 0 Å². The first-order chi connectivity index (χ1) is 6.12. The van der Waals surface area contributed by atoms with Crippen molar-refractivity contribution in [1.29, 1.82) is 0 Å². The first-order valence-electron chi connectivity index (χ1n) is 4.26. The predicted molar refractivity (Wildman–Crippen MR) is 48.6 cm³/mol. The Labute approximate surface area is 76.0 Å². The SMILES string of the molecule is Nc1ccncc1C1(F)CC(N)C1. The highest BCUT2D eigenvalue weighted by molar-refractivity contribution is 5.49. The molecule has 0 spiro atoms. The van der Waals surface area contributed by atoms with Crippen LogP contribution in [0.5, 0.6) is 0 Å². The van der Waals surface area contributed by atoms with Crippen molar-refractivity contribution in [3.8, 4) is 0 Å². The maximum atomic E-state index is 13.9. The molecule has 1 aromatic heterocycles. The van der Waals surface area contributed by atoms with Gasteiger partial charge in [-0.15, -0.1) is 0 Å². The fraction of sp³-hybridized carbons (Fsp3) is 0.444. The second-order valence-electron chi connectivity index (χ2n) is 3.60. The molecule has 0 amide bonds. The van der Waals surface area contributed by atoms with E-state index >= 15 is 0 Å². The number of aromatic nitrogens is 1.